The van der Waals surface area contributed by atoms with Crippen LogP contribution in [0.2, 0.25) is 0 Å². The molecule has 0 saturated carbocycles. The van der Waals surface area contributed by atoms with Gasteiger partial charge in [-0.2, -0.15) is 5.10 Å². The summed E-state index contributed by atoms with van der Waals surface area (Å²) in [6.07, 6.45) is 1.63. The van der Waals surface area contributed by atoms with E-state index in [9.17, 15) is 4.79 Å². The average molecular weight is 365 g/mol. The number of carbonyl (C=O) groups is 1. The molecular formula is C14H13BrN4OS. The number of nitrogens with zero attached hydrogens (tertiary/aromatic N) is 3. The number of aromatic nitrogens is 3. The standard InChI is InChI=1S/C14H13BrN4OS/c1-8(2)19-11(5-6-16-19)13(20)18-14-17-10-4-3-9(15)7-12(10)21-14/h3-8H,1-2H3,(H,17,18,20). The van der Waals surface area contributed by atoms with Crippen molar-refractivity contribution in [1.82, 2.24) is 14.8 Å². The molecule has 1 N–H and O–H groups in total. The molecule has 0 atom stereocenters. The smallest absolute Gasteiger partial charge is 0.275 e. The Balaban J connectivity index is 1.87. The molecule has 1 aromatic carbocycles. The molecule has 3 aromatic rings. The number of hydrogen-bond donors (Lipinski definition) is 1. The van der Waals surface area contributed by atoms with Crippen LogP contribution in [0.15, 0.2) is 34.9 Å². The number of nitrogens with one attached hydrogen (secondary N) is 1. The van der Waals surface area contributed by atoms with E-state index >= 15 is 0 Å². The fourth-order valence-corrected chi connectivity index (χ4v) is 3.43. The quantitative estimate of drug-likeness (QED) is 0.761. The molecule has 0 radical (unpaired) electrons. The van der Waals surface area contributed by atoms with Crippen LogP contribution in [0.5, 0.6) is 0 Å². The first-order chi connectivity index (χ1) is 10.0. The van der Waals surface area contributed by atoms with Crippen molar-refractivity contribution in [2.45, 2.75) is 19.9 Å². The Hall–Kier alpha value is -1.73. The van der Waals surface area contributed by atoms with Gasteiger partial charge in [-0.25, -0.2) is 4.98 Å². The third-order valence-corrected chi connectivity index (χ3v) is 4.39. The van der Waals surface area contributed by atoms with Gasteiger partial charge in [0.05, 0.1) is 10.2 Å². The van der Waals surface area contributed by atoms with E-state index < -0.39 is 0 Å². The lowest BCUT2D eigenvalue weighted by Gasteiger charge is -2.09. The second-order valence-electron chi connectivity index (χ2n) is 4.84. The molecule has 0 aliphatic carbocycles. The number of anilines is 1. The molecular weight excluding hydrogens is 352 g/mol. The Morgan fingerprint density at radius 2 is 2.19 bits per heavy atom. The Kier molecular flexibility index (Phi) is 3.77. The second kappa shape index (κ2) is 5.57. The van der Waals surface area contributed by atoms with Crippen LogP contribution in [0.25, 0.3) is 10.2 Å². The highest BCUT2D eigenvalue weighted by Gasteiger charge is 2.15. The van der Waals surface area contributed by atoms with Crippen LogP contribution in [0.1, 0.15) is 30.4 Å². The van der Waals surface area contributed by atoms with Crippen LogP contribution in [0.4, 0.5) is 5.13 Å². The lowest BCUT2D eigenvalue weighted by atomic mass is 10.3. The fraction of sp³-hybridized carbons (Fsp3) is 0.214. The maximum absolute atomic E-state index is 12.3. The summed E-state index contributed by atoms with van der Waals surface area (Å²) in [5.74, 6) is -0.195. The lowest BCUT2D eigenvalue weighted by Crippen LogP contribution is -2.18. The van der Waals surface area contributed by atoms with E-state index in [-0.39, 0.29) is 11.9 Å². The normalized spacial score (nSPS) is 11.2. The number of amides is 1. The summed E-state index contributed by atoms with van der Waals surface area (Å²) in [6, 6.07) is 7.68. The van der Waals surface area contributed by atoms with E-state index in [0.29, 0.717) is 10.8 Å². The molecule has 0 saturated heterocycles. The van der Waals surface area contributed by atoms with Gasteiger partial charge in [-0.05, 0) is 38.1 Å². The van der Waals surface area contributed by atoms with Gasteiger partial charge in [0, 0.05) is 16.7 Å². The largest absolute Gasteiger partial charge is 0.296 e. The van der Waals surface area contributed by atoms with Crippen LogP contribution in [0, 0.1) is 0 Å². The van der Waals surface area contributed by atoms with E-state index in [4.69, 9.17) is 0 Å². The Labute approximate surface area is 134 Å². The molecule has 5 nitrogen and oxygen atoms in total. The minimum atomic E-state index is -0.195. The third kappa shape index (κ3) is 2.84. The highest BCUT2D eigenvalue weighted by atomic mass is 79.9. The van der Waals surface area contributed by atoms with Crippen molar-refractivity contribution in [2.75, 3.05) is 5.32 Å². The molecule has 0 aliphatic rings. The molecule has 3 rings (SSSR count). The third-order valence-electron chi connectivity index (χ3n) is 2.96. The highest BCUT2D eigenvalue weighted by Crippen LogP contribution is 2.28. The molecule has 0 unspecified atom stereocenters. The monoisotopic (exact) mass is 364 g/mol. The number of benzene rings is 1. The molecule has 0 spiro atoms. The number of carbonyl (C=O) groups excluding carboxylic acids is 1. The highest BCUT2D eigenvalue weighted by molar-refractivity contribution is 9.10. The zero-order valence-corrected chi connectivity index (χ0v) is 13.9. The lowest BCUT2D eigenvalue weighted by molar-refractivity contribution is 0.101. The van der Waals surface area contributed by atoms with Crippen LogP contribution >= 0.6 is 27.3 Å². The molecule has 1 amide bonds. The zero-order valence-electron chi connectivity index (χ0n) is 11.5. The van der Waals surface area contributed by atoms with Crippen LogP contribution in [-0.2, 0) is 0 Å². The number of rotatable bonds is 3. The maximum Gasteiger partial charge on any atom is 0.275 e. The molecule has 7 heteroatoms. The van der Waals surface area contributed by atoms with Gasteiger partial charge >= 0.3 is 0 Å². The van der Waals surface area contributed by atoms with Crippen molar-refractivity contribution in [3.8, 4) is 0 Å². The van der Waals surface area contributed by atoms with Crippen LogP contribution < -0.4 is 5.32 Å². The summed E-state index contributed by atoms with van der Waals surface area (Å²) in [4.78, 5) is 16.7. The topological polar surface area (TPSA) is 59.8 Å². The van der Waals surface area contributed by atoms with E-state index in [1.165, 1.54) is 11.3 Å². The van der Waals surface area contributed by atoms with Crippen molar-refractivity contribution in [3.63, 3.8) is 0 Å². The second-order valence-corrected chi connectivity index (χ2v) is 6.79. The summed E-state index contributed by atoms with van der Waals surface area (Å²) >= 11 is 4.88. The number of hydrogen-bond acceptors (Lipinski definition) is 4. The van der Waals surface area contributed by atoms with E-state index in [0.717, 1.165) is 14.7 Å². The average Bonchev–Trinajstić information content (AvgIpc) is 3.03. The first-order valence-corrected chi connectivity index (χ1v) is 8.06. The summed E-state index contributed by atoms with van der Waals surface area (Å²) in [7, 11) is 0. The molecule has 0 aliphatic heterocycles. The Morgan fingerprint density at radius 3 is 2.95 bits per heavy atom. The first kappa shape index (κ1) is 14.2. The van der Waals surface area contributed by atoms with Gasteiger partial charge in [-0.1, -0.05) is 27.3 Å². The summed E-state index contributed by atoms with van der Waals surface area (Å²) in [6.45, 7) is 3.97. The summed E-state index contributed by atoms with van der Waals surface area (Å²) in [5, 5.41) is 7.59. The number of thiazole rings is 1. The predicted octanol–water partition coefficient (Wildman–Crippen LogP) is 4.09. The van der Waals surface area contributed by atoms with Gasteiger partial charge < -0.3 is 0 Å². The van der Waals surface area contributed by atoms with E-state index in [2.05, 4.69) is 31.3 Å². The first-order valence-electron chi connectivity index (χ1n) is 6.45. The van der Waals surface area contributed by atoms with E-state index in [1.807, 2.05) is 32.0 Å². The molecule has 2 aromatic heterocycles. The van der Waals surface area contributed by atoms with Crippen molar-refractivity contribution in [1.29, 1.82) is 0 Å². The minimum Gasteiger partial charge on any atom is -0.296 e. The minimum absolute atomic E-state index is 0.132. The zero-order chi connectivity index (χ0) is 15.0. The summed E-state index contributed by atoms with van der Waals surface area (Å²) in [5.41, 5.74) is 1.40. The van der Waals surface area contributed by atoms with Crippen LogP contribution in [0.3, 0.4) is 0 Å². The van der Waals surface area contributed by atoms with Gasteiger partial charge in [-0.15, -0.1) is 0 Å². The molecule has 21 heavy (non-hydrogen) atoms. The van der Waals surface area contributed by atoms with Gasteiger partial charge in [0.15, 0.2) is 5.13 Å². The van der Waals surface area contributed by atoms with Crippen molar-refractivity contribution < 1.29 is 4.79 Å². The number of fused-ring (bicyclic) bond motifs is 1. The molecule has 2 heterocycles. The van der Waals surface area contributed by atoms with Gasteiger partial charge in [0.2, 0.25) is 0 Å². The van der Waals surface area contributed by atoms with Gasteiger partial charge in [0.1, 0.15) is 5.69 Å². The number of halogens is 1. The molecule has 108 valence electrons. The Morgan fingerprint density at radius 1 is 1.38 bits per heavy atom. The van der Waals surface area contributed by atoms with Crippen molar-refractivity contribution in [2.24, 2.45) is 0 Å². The van der Waals surface area contributed by atoms with Gasteiger partial charge in [0.25, 0.3) is 5.91 Å². The fourth-order valence-electron chi connectivity index (χ4n) is 2.02. The predicted molar refractivity (Wildman–Crippen MR) is 87.9 cm³/mol. The van der Waals surface area contributed by atoms with Crippen LogP contribution in [-0.4, -0.2) is 20.7 Å². The van der Waals surface area contributed by atoms with Crippen molar-refractivity contribution in [3.05, 3.63) is 40.6 Å². The van der Waals surface area contributed by atoms with Crippen molar-refractivity contribution >= 4 is 48.5 Å². The van der Waals surface area contributed by atoms with Gasteiger partial charge in [-0.3, -0.25) is 14.8 Å². The molecule has 0 bridgehead atoms. The SMILES string of the molecule is CC(C)n1nccc1C(=O)Nc1nc2ccc(Br)cc2s1. The Bertz CT molecular complexity index is 808. The summed E-state index contributed by atoms with van der Waals surface area (Å²) < 4.78 is 3.71. The van der Waals surface area contributed by atoms with E-state index in [1.54, 1.807) is 16.9 Å². The maximum atomic E-state index is 12.3. The molecule has 0 fully saturated rings.